The fourth-order valence-electron chi connectivity index (χ4n) is 3.33. The fraction of sp³-hybridized carbons (Fsp3) is 0.211. The average molecular weight is 383 g/mol. The van der Waals surface area contributed by atoms with Crippen LogP contribution in [-0.2, 0) is 5.41 Å². The van der Waals surface area contributed by atoms with Crippen molar-refractivity contribution in [1.82, 2.24) is 19.5 Å². The number of aromatic nitrogens is 4. The maximum atomic E-state index is 14.2. The number of carbonyl (C=O) groups is 1. The summed E-state index contributed by atoms with van der Waals surface area (Å²) in [6, 6.07) is 4.43. The molecule has 9 heteroatoms. The molecule has 0 spiro atoms. The number of nitrogens with zero attached hydrogens (tertiary/aromatic N) is 4. The number of nitrogens with two attached hydrogens (primary N) is 1. The van der Waals surface area contributed by atoms with Gasteiger partial charge in [0, 0.05) is 30.6 Å². The number of hydrogen-bond acceptors (Lipinski definition) is 5. The van der Waals surface area contributed by atoms with E-state index in [0.29, 0.717) is 17.2 Å². The monoisotopic (exact) mass is 383 g/mol. The van der Waals surface area contributed by atoms with Crippen molar-refractivity contribution in [3.8, 4) is 5.69 Å². The molecule has 143 valence electrons. The molecule has 1 saturated carbocycles. The molecule has 0 saturated heterocycles. The van der Waals surface area contributed by atoms with Crippen molar-refractivity contribution in [3.05, 3.63) is 72.4 Å². The first-order valence-corrected chi connectivity index (χ1v) is 8.62. The predicted molar refractivity (Wildman–Crippen MR) is 97.8 cm³/mol. The molecule has 4 rings (SSSR count). The van der Waals surface area contributed by atoms with E-state index >= 15 is 0 Å². The van der Waals surface area contributed by atoms with Crippen LogP contribution < -0.4 is 11.1 Å². The van der Waals surface area contributed by atoms with Gasteiger partial charge < -0.3 is 15.6 Å². The second kappa shape index (κ2) is 6.99. The summed E-state index contributed by atoms with van der Waals surface area (Å²) in [6.45, 7) is 0.253. The molecule has 3 aromatic heterocycles. The number of nitrogens with one attached hydrogen (secondary N) is 1. The lowest BCUT2D eigenvalue weighted by Crippen LogP contribution is -2.45. The zero-order valence-electron chi connectivity index (χ0n) is 14.8. The Labute approximate surface area is 159 Å². The van der Waals surface area contributed by atoms with Gasteiger partial charge in [-0.1, -0.05) is 0 Å². The standard InChI is InChI=1S/C19H17F2N6O/c20-13-6-19(7-13,16-15(21)2-1-4-23-16)11-26-18-24-8-14(9-25-18)27-5-3-12(10-27)17(22)28/h1-5,8-10H,6-7,11H2,(H2,22,28)(H,24,25,26). The molecule has 28 heavy (non-hydrogen) atoms. The van der Waals surface area contributed by atoms with Gasteiger partial charge in [-0.3, -0.25) is 9.78 Å². The summed E-state index contributed by atoms with van der Waals surface area (Å²) in [7, 11) is 0. The first kappa shape index (κ1) is 18.0. The van der Waals surface area contributed by atoms with Crippen LogP contribution in [0.15, 0.2) is 49.2 Å². The highest BCUT2D eigenvalue weighted by Crippen LogP contribution is 2.49. The summed E-state index contributed by atoms with van der Waals surface area (Å²) in [5.74, 6) is -0.644. The number of hydrogen-bond donors (Lipinski definition) is 2. The van der Waals surface area contributed by atoms with E-state index in [1.54, 1.807) is 35.4 Å². The topological polar surface area (TPSA) is 98.7 Å². The third kappa shape index (κ3) is 3.30. The van der Waals surface area contributed by atoms with E-state index in [1.807, 2.05) is 0 Å². The highest BCUT2D eigenvalue weighted by atomic mass is 19.1. The van der Waals surface area contributed by atoms with Crippen LogP contribution in [0.5, 0.6) is 0 Å². The van der Waals surface area contributed by atoms with E-state index in [9.17, 15) is 13.6 Å². The molecule has 7 nitrogen and oxygen atoms in total. The largest absolute Gasteiger partial charge is 0.366 e. The van der Waals surface area contributed by atoms with Crippen molar-refractivity contribution in [2.75, 3.05) is 11.9 Å². The molecule has 0 atom stereocenters. The Balaban J connectivity index is 1.48. The van der Waals surface area contributed by atoms with Crippen molar-refractivity contribution < 1.29 is 13.6 Å². The van der Waals surface area contributed by atoms with Crippen molar-refractivity contribution in [2.45, 2.75) is 18.3 Å². The Morgan fingerprint density at radius 2 is 1.96 bits per heavy atom. The number of primary amides is 1. The minimum atomic E-state index is -0.756. The molecular formula is C19H17F2N6O. The van der Waals surface area contributed by atoms with E-state index in [2.05, 4.69) is 20.3 Å². The van der Waals surface area contributed by atoms with Crippen LogP contribution in [-0.4, -0.2) is 32.0 Å². The van der Waals surface area contributed by atoms with Gasteiger partial charge in [-0.25, -0.2) is 18.7 Å². The summed E-state index contributed by atoms with van der Waals surface area (Å²) < 4.78 is 29.4. The van der Waals surface area contributed by atoms with Gasteiger partial charge in [0.05, 0.1) is 29.3 Å². The van der Waals surface area contributed by atoms with Gasteiger partial charge in [-0.2, -0.15) is 0 Å². The molecule has 1 aliphatic carbocycles. The normalized spacial score (nSPS) is 15.8. The molecule has 1 radical (unpaired) electrons. The number of rotatable bonds is 6. The van der Waals surface area contributed by atoms with Crippen molar-refractivity contribution in [1.29, 1.82) is 0 Å². The van der Waals surface area contributed by atoms with E-state index in [0.717, 1.165) is 0 Å². The Hall–Kier alpha value is -3.36. The van der Waals surface area contributed by atoms with Crippen LogP contribution in [0.3, 0.4) is 0 Å². The SMILES string of the molecule is NC(=O)c1ccn(-c2cnc(NCC3(c4ncccc4F)C[C](F)C3)nc2)c1. The minimum absolute atomic E-state index is 0.116. The number of amides is 1. The van der Waals surface area contributed by atoms with Gasteiger partial charge in [0.15, 0.2) is 0 Å². The van der Waals surface area contributed by atoms with Crippen LogP contribution in [0.4, 0.5) is 14.7 Å². The fourth-order valence-corrected chi connectivity index (χ4v) is 3.33. The third-order valence-electron chi connectivity index (χ3n) is 4.82. The predicted octanol–water partition coefficient (Wildman–Crippen LogP) is 2.55. The first-order valence-electron chi connectivity index (χ1n) is 8.62. The van der Waals surface area contributed by atoms with Gasteiger partial charge in [0.25, 0.3) is 0 Å². The van der Waals surface area contributed by atoms with Crippen molar-refractivity contribution >= 4 is 11.9 Å². The van der Waals surface area contributed by atoms with E-state index < -0.39 is 17.1 Å². The lowest BCUT2D eigenvalue weighted by atomic mass is 9.65. The Morgan fingerprint density at radius 3 is 2.57 bits per heavy atom. The number of anilines is 1. The first-order chi connectivity index (χ1) is 13.5. The molecule has 0 aliphatic heterocycles. The van der Waals surface area contributed by atoms with Crippen LogP contribution in [0.25, 0.3) is 5.69 Å². The highest BCUT2D eigenvalue weighted by Gasteiger charge is 2.49. The maximum Gasteiger partial charge on any atom is 0.250 e. The summed E-state index contributed by atoms with van der Waals surface area (Å²) in [4.78, 5) is 23.8. The molecule has 3 heterocycles. The molecule has 3 N–H and O–H groups in total. The van der Waals surface area contributed by atoms with Crippen LogP contribution in [0.1, 0.15) is 28.9 Å². The third-order valence-corrected chi connectivity index (χ3v) is 4.82. The summed E-state index contributed by atoms with van der Waals surface area (Å²) in [5, 5.41) is 3.04. The van der Waals surface area contributed by atoms with Gasteiger partial charge in [0.2, 0.25) is 11.9 Å². The second-order valence-electron chi connectivity index (χ2n) is 6.78. The summed E-state index contributed by atoms with van der Waals surface area (Å²) in [6.07, 6.45) is 7.96. The Bertz CT molecular complexity index is 998. The Morgan fingerprint density at radius 1 is 1.21 bits per heavy atom. The molecular weight excluding hydrogens is 366 g/mol. The van der Waals surface area contributed by atoms with Gasteiger partial charge >= 0.3 is 0 Å². The number of carbonyl (C=O) groups excluding carboxylic acids is 1. The van der Waals surface area contributed by atoms with E-state index in [4.69, 9.17) is 5.73 Å². The molecule has 1 fully saturated rings. The van der Waals surface area contributed by atoms with E-state index in [-0.39, 0.29) is 31.3 Å². The number of halogens is 2. The van der Waals surface area contributed by atoms with Gasteiger partial charge in [-0.05, 0) is 31.0 Å². The highest BCUT2D eigenvalue weighted by molar-refractivity contribution is 5.92. The van der Waals surface area contributed by atoms with Gasteiger partial charge in [-0.15, -0.1) is 0 Å². The van der Waals surface area contributed by atoms with Crippen molar-refractivity contribution in [3.63, 3.8) is 0 Å². The molecule has 0 bridgehead atoms. The zero-order valence-corrected chi connectivity index (χ0v) is 14.8. The quantitative estimate of drug-likeness (QED) is 0.682. The molecule has 1 amide bonds. The van der Waals surface area contributed by atoms with Crippen LogP contribution in [0.2, 0.25) is 0 Å². The zero-order chi connectivity index (χ0) is 19.7. The lowest BCUT2D eigenvalue weighted by molar-refractivity contribution is 0.100. The minimum Gasteiger partial charge on any atom is -0.366 e. The van der Waals surface area contributed by atoms with Crippen LogP contribution in [0, 0.1) is 12.0 Å². The maximum absolute atomic E-state index is 14.2. The van der Waals surface area contributed by atoms with Crippen LogP contribution >= 0.6 is 0 Å². The van der Waals surface area contributed by atoms with E-state index in [1.165, 1.54) is 18.3 Å². The lowest BCUT2D eigenvalue weighted by Gasteiger charge is -2.43. The van der Waals surface area contributed by atoms with Crippen molar-refractivity contribution in [2.24, 2.45) is 5.73 Å². The Kier molecular flexibility index (Phi) is 4.50. The second-order valence-corrected chi connectivity index (χ2v) is 6.78. The summed E-state index contributed by atoms with van der Waals surface area (Å²) >= 11 is 0. The smallest absolute Gasteiger partial charge is 0.250 e. The summed E-state index contributed by atoms with van der Waals surface area (Å²) in [5.41, 5.74) is 5.75. The average Bonchev–Trinajstić information content (AvgIpc) is 3.16. The number of pyridine rings is 1. The van der Waals surface area contributed by atoms with Gasteiger partial charge in [0.1, 0.15) is 12.0 Å². The molecule has 0 aromatic carbocycles. The molecule has 3 aromatic rings. The molecule has 1 aliphatic rings. The molecule has 0 unspecified atom stereocenters.